The monoisotopic (exact) mass is 319 g/mol. The second-order valence-corrected chi connectivity index (χ2v) is 5.23. The first-order chi connectivity index (χ1) is 11.6. The Morgan fingerprint density at radius 2 is 1.38 bits per heavy atom. The summed E-state index contributed by atoms with van der Waals surface area (Å²) in [6.45, 7) is 1.45. The maximum Gasteiger partial charge on any atom is 0.215 e. The van der Waals surface area contributed by atoms with Crippen molar-refractivity contribution in [3.8, 4) is 0 Å². The first kappa shape index (κ1) is 15.6. The molecule has 1 heterocycles. The van der Waals surface area contributed by atoms with E-state index in [1.807, 2.05) is 0 Å². The van der Waals surface area contributed by atoms with E-state index in [-0.39, 0.29) is 28.6 Å². The fourth-order valence-electron chi connectivity index (χ4n) is 2.30. The molecule has 0 aliphatic heterocycles. The number of aromatic nitrogens is 1. The Bertz CT molecular complexity index is 908. The van der Waals surface area contributed by atoms with Crippen LogP contribution in [0.5, 0.6) is 0 Å². The van der Waals surface area contributed by atoms with E-state index in [0.717, 1.165) is 6.26 Å². The van der Waals surface area contributed by atoms with E-state index in [4.69, 9.17) is 4.52 Å². The predicted octanol–water partition coefficient (Wildman–Crippen LogP) is 3.34. The van der Waals surface area contributed by atoms with Crippen molar-refractivity contribution < 1.29 is 18.9 Å². The standard InChI is InChI=1S/C19H13NO4/c1-12(21)13-7-9-15(10-8-13)18(22)16-11-24-20-17(16)19(23)14-5-3-2-4-6-14/h2-11H,1H3. The molecule has 3 aromatic rings. The largest absolute Gasteiger partial charge is 0.363 e. The Kier molecular flexibility index (Phi) is 4.16. The molecule has 0 saturated carbocycles. The summed E-state index contributed by atoms with van der Waals surface area (Å²) in [7, 11) is 0. The normalized spacial score (nSPS) is 10.4. The molecular weight excluding hydrogens is 306 g/mol. The first-order valence-corrected chi connectivity index (χ1v) is 7.27. The lowest BCUT2D eigenvalue weighted by atomic mass is 9.98. The average Bonchev–Trinajstić information content (AvgIpc) is 3.11. The van der Waals surface area contributed by atoms with Gasteiger partial charge in [-0.15, -0.1) is 0 Å². The van der Waals surface area contributed by atoms with Crippen molar-refractivity contribution in [2.45, 2.75) is 6.92 Å². The average molecular weight is 319 g/mol. The van der Waals surface area contributed by atoms with Gasteiger partial charge in [0.05, 0.1) is 5.56 Å². The van der Waals surface area contributed by atoms with Crippen LogP contribution in [0.3, 0.4) is 0 Å². The summed E-state index contributed by atoms with van der Waals surface area (Å²) >= 11 is 0. The lowest BCUT2D eigenvalue weighted by molar-refractivity contribution is 0.1000. The number of ketones is 3. The van der Waals surface area contributed by atoms with E-state index in [0.29, 0.717) is 16.7 Å². The quantitative estimate of drug-likeness (QED) is 0.674. The minimum absolute atomic E-state index is 0.0261. The molecule has 0 spiro atoms. The first-order valence-electron chi connectivity index (χ1n) is 7.27. The molecule has 0 fully saturated rings. The molecule has 0 radical (unpaired) electrons. The van der Waals surface area contributed by atoms with Crippen LogP contribution in [0.15, 0.2) is 65.4 Å². The van der Waals surface area contributed by atoms with Crippen LogP contribution in [0, 0.1) is 0 Å². The number of hydrogen-bond acceptors (Lipinski definition) is 5. The summed E-state index contributed by atoms with van der Waals surface area (Å²) in [6, 6.07) is 14.8. The molecule has 5 nitrogen and oxygen atoms in total. The Labute approximate surface area is 137 Å². The molecule has 0 amide bonds. The summed E-state index contributed by atoms with van der Waals surface area (Å²) in [5, 5.41) is 3.69. The van der Waals surface area contributed by atoms with Gasteiger partial charge in [-0.25, -0.2) is 0 Å². The lowest BCUT2D eigenvalue weighted by Gasteiger charge is -2.02. The van der Waals surface area contributed by atoms with Crippen molar-refractivity contribution in [2.75, 3.05) is 0 Å². The third-order valence-corrected chi connectivity index (χ3v) is 3.62. The molecule has 0 N–H and O–H groups in total. The van der Waals surface area contributed by atoms with Crippen LogP contribution in [-0.4, -0.2) is 22.5 Å². The number of benzene rings is 2. The van der Waals surface area contributed by atoms with E-state index >= 15 is 0 Å². The smallest absolute Gasteiger partial charge is 0.215 e. The summed E-state index contributed by atoms with van der Waals surface area (Å²) in [5.74, 6) is -0.849. The number of hydrogen-bond donors (Lipinski definition) is 0. The Balaban J connectivity index is 1.93. The molecule has 118 valence electrons. The molecule has 2 aromatic carbocycles. The van der Waals surface area contributed by atoms with Crippen LogP contribution in [0.25, 0.3) is 0 Å². The molecule has 3 rings (SSSR count). The van der Waals surface area contributed by atoms with Crippen LogP contribution >= 0.6 is 0 Å². The zero-order valence-corrected chi connectivity index (χ0v) is 12.9. The molecule has 0 bridgehead atoms. The van der Waals surface area contributed by atoms with Crippen molar-refractivity contribution >= 4 is 17.3 Å². The van der Waals surface area contributed by atoms with Gasteiger partial charge >= 0.3 is 0 Å². The maximum atomic E-state index is 12.6. The van der Waals surface area contributed by atoms with Crippen LogP contribution in [-0.2, 0) is 0 Å². The van der Waals surface area contributed by atoms with Crippen molar-refractivity contribution in [2.24, 2.45) is 0 Å². The summed E-state index contributed by atoms with van der Waals surface area (Å²) < 4.78 is 4.85. The fourth-order valence-corrected chi connectivity index (χ4v) is 2.30. The molecule has 0 atom stereocenters. The van der Waals surface area contributed by atoms with E-state index < -0.39 is 0 Å². The highest BCUT2D eigenvalue weighted by Crippen LogP contribution is 2.18. The molecule has 0 unspecified atom stereocenters. The van der Waals surface area contributed by atoms with Gasteiger partial charge in [-0.2, -0.15) is 0 Å². The lowest BCUT2D eigenvalue weighted by Crippen LogP contribution is -2.10. The minimum Gasteiger partial charge on any atom is -0.363 e. The third kappa shape index (κ3) is 2.92. The van der Waals surface area contributed by atoms with Crippen LogP contribution < -0.4 is 0 Å². The van der Waals surface area contributed by atoms with Crippen molar-refractivity contribution in [3.05, 3.63) is 88.8 Å². The van der Waals surface area contributed by atoms with E-state index in [1.54, 1.807) is 54.6 Å². The molecule has 1 aromatic heterocycles. The van der Waals surface area contributed by atoms with Gasteiger partial charge in [0.1, 0.15) is 6.26 Å². The highest BCUT2D eigenvalue weighted by Gasteiger charge is 2.23. The molecule has 0 aliphatic rings. The van der Waals surface area contributed by atoms with Crippen LogP contribution in [0.4, 0.5) is 0 Å². The van der Waals surface area contributed by atoms with Crippen molar-refractivity contribution in [1.29, 1.82) is 0 Å². The zero-order chi connectivity index (χ0) is 17.1. The Morgan fingerprint density at radius 1 is 0.792 bits per heavy atom. The van der Waals surface area contributed by atoms with Crippen LogP contribution in [0.2, 0.25) is 0 Å². The number of carbonyl (C=O) groups excluding carboxylic acids is 3. The number of rotatable bonds is 5. The molecule has 0 saturated heterocycles. The van der Waals surface area contributed by atoms with Crippen LogP contribution in [0.1, 0.15) is 49.3 Å². The minimum atomic E-state index is -0.384. The third-order valence-electron chi connectivity index (χ3n) is 3.62. The summed E-state index contributed by atoms with van der Waals surface area (Å²) in [5.41, 5.74) is 1.36. The summed E-state index contributed by atoms with van der Waals surface area (Å²) in [4.78, 5) is 36.4. The Morgan fingerprint density at radius 3 is 2.00 bits per heavy atom. The molecular formula is C19H13NO4. The predicted molar refractivity (Wildman–Crippen MR) is 86.3 cm³/mol. The number of carbonyl (C=O) groups is 3. The van der Waals surface area contributed by atoms with E-state index in [1.165, 1.54) is 6.92 Å². The van der Waals surface area contributed by atoms with Crippen molar-refractivity contribution in [1.82, 2.24) is 5.16 Å². The second kappa shape index (κ2) is 6.42. The second-order valence-electron chi connectivity index (χ2n) is 5.23. The van der Waals surface area contributed by atoms with Gasteiger partial charge in [-0.3, -0.25) is 14.4 Å². The number of nitrogens with zero attached hydrogens (tertiary/aromatic N) is 1. The van der Waals surface area contributed by atoms with Crippen molar-refractivity contribution in [3.63, 3.8) is 0 Å². The van der Waals surface area contributed by atoms with Gasteiger partial charge in [-0.1, -0.05) is 59.8 Å². The molecule has 5 heteroatoms. The zero-order valence-electron chi connectivity index (χ0n) is 12.9. The van der Waals surface area contributed by atoms with Gasteiger partial charge in [-0.05, 0) is 6.92 Å². The fraction of sp³-hybridized carbons (Fsp3) is 0.0526. The van der Waals surface area contributed by atoms with E-state index in [9.17, 15) is 14.4 Å². The Hall–Kier alpha value is -3.34. The molecule has 0 aliphatic carbocycles. The van der Waals surface area contributed by atoms with Gasteiger partial charge < -0.3 is 4.52 Å². The summed E-state index contributed by atoms with van der Waals surface area (Å²) in [6.07, 6.45) is 1.16. The van der Waals surface area contributed by atoms with Gasteiger partial charge in [0.15, 0.2) is 17.3 Å². The molecule has 24 heavy (non-hydrogen) atoms. The van der Waals surface area contributed by atoms with E-state index in [2.05, 4.69) is 5.16 Å². The maximum absolute atomic E-state index is 12.6. The SMILES string of the molecule is CC(=O)c1ccc(C(=O)c2conc2C(=O)c2ccccc2)cc1. The highest BCUT2D eigenvalue weighted by atomic mass is 16.5. The highest BCUT2D eigenvalue weighted by molar-refractivity contribution is 6.18. The number of Topliss-reactive ketones (excluding diaryl/α,β-unsaturated/α-hetero) is 1. The van der Waals surface area contributed by atoms with Gasteiger partial charge in [0, 0.05) is 16.7 Å². The topological polar surface area (TPSA) is 77.2 Å². The van der Waals surface area contributed by atoms with Gasteiger partial charge in [0.25, 0.3) is 0 Å². The van der Waals surface area contributed by atoms with Gasteiger partial charge in [0.2, 0.25) is 5.78 Å².